The van der Waals surface area contributed by atoms with Crippen molar-refractivity contribution in [2.24, 2.45) is 0 Å². The maximum atomic E-state index is 5.59. The van der Waals surface area contributed by atoms with E-state index in [2.05, 4.69) is 37.2 Å². The highest BCUT2D eigenvalue weighted by molar-refractivity contribution is 5.56. The summed E-state index contributed by atoms with van der Waals surface area (Å²) >= 11 is 0. The first-order valence-corrected chi connectivity index (χ1v) is 6.51. The molecule has 100 valence electrons. The molecule has 0 saturated heterocycles. The van der Waals surface area contributed by atoms with E-state index >= 15 is 0 Å². The minimum atomic E-state index is 0.527. The summed E-state index contributed by atoms with van der Waals surface area (Å²) in [4.78, 5) is 2.22. The predicted molar refractivity (Wildman–Crippen MR) is 73.8 cm³/mol. The van der Waals surface area contributed by atoms with Crippen LogP contribution >= 0.6 is 0 Å². The van der Waals surface area contributed by atoms with Gasteiger partial charge in [-0.1, -0.05) is 13.8 Å². The van der Waals surface area contributed by atoms with E-state index in [4.69, 9.17) is 9.47 Å². The van der Waals surface area contributed by atoms with Crippen LogP contribution < -0.4 is 19.7 Å². The third-order valence-corrected chi connectivity index (χ3v) is 2.97. The third kappa shape index (κ3) is 3.29. The minimum Gasteiger partial charge on any atom is -0.486 e. The minimum absolute atomic E-state index is 0.527. The van der Waals surface area contributed by atoms with Gasteiger partial charge in [0.05, 0.1) is 0 Å². The Morgan fingerprint density at radius 2 is 1.94 bits per heavy atom. The molecule has 0 bridgehead atoms. The number of hydrogen-bond donors (Lipinski definition) is 1. The van der Waals surface area contributed by atoms with Gasteiger partial charge in [-0.25, -0.2) is 0 Å². The molecule has 1 aromatic rings. The zero-order valence-electron chi connectivity index (χ0n) is 11.4. The van der Waals surface area contributed by atoms with Crippen LogP contribution in [-0.2, 0) is 0 Å². The predicted octanol–water partition coefficient (Wildman–Crippen LogP) is 1.89. The van der Waals surface area contributed by atoms with E-state index in [1.807, 2.05) is 12.1 Å². The van der Waals surface area contributed by atoms with Crippen LogP contribution in [0, 0.1) is 0 Å². The van der Waals surface area contributed by atoms with Crippen LogP contribution in [0.2, 0.25) is 0 Å². The van der Waals surface area contributed by atoms with Gasteiger partial charge in [-0.05, 0) is 12.1 Å². The van der Waals surface area contributed by atoms with Gasteiger partial charge in [-0.15, -0.1) is 0 Å². The number of hydrogen-bond acceptors (Lipinski definition) is 4. The second kappa shape index (κ2) is 5.96. The van der Waals surface area contributed by atoms with E-state index in [1.165, 1.54) is 0 Å². The maximum absolute atomic E-state index is 5.59. The van der Waals surface area contributed by atoms with Crippen molar-refractivity contribution < 1.29 is 9.47 Å². The molecule has 0 radical (unpaired) electrons. The number of likely N-dealkylation sites (N-methyl/N-ethyl adjacent to an activating group) is 1. The van der Waals surface area contributed by atoms with Gasteiger partial charge in [0.1, 0.15) is 13.2 Å². The quantitative estimate of drug-likeness (QED) is 0.865. The lowest BCUT2D eigenvalue weighted by Crippen LogP contribution is -2.32. The summed E-state index contributed by atoms with van der Waals surface area (Å²) in [5.74, 6) is 1.70. The molecule has 0 spiro atoms. The van der Waals surface area contributed by atoms with Crippen LogP contribution in [0.25, 0.3) is 0 Å². The van der Waals surface area contributed by atoms with E-state index in [0.717, 1.165) is 30.3 Å². The van der Waals surface area contributed by atoms with E-state index in [9.17, 15) is 0 Å². The monoisotopic (exact) mass is 250 g/mol. The Kier molecular flexibility index (Phi) is 4.31. The zero-order valence-corrected chi connectivity index (χ0v) is 11.4. The number of nitrogens with zero attached hydrogens (tertiary/aromatic N) is 1. The number of rotatable bonds is 5. The molecule has 1 aromatic carbocycles. The van der Waals surface area contributed by atoms with Gasteiger partial charge in [0.25, 0.3) is 0 Å². The van der Waals surface area contributed by atoms with Gasteiger partial charge in [-0.3, -0.25) is 0 Å². The van der Waals surface area contributed by atoms with Crippen LogP contribution in [0.4, 0.5) is 5.69 Å². The highest BCUT2D eigenvalue weighted by Gasteiger charge is 2.13. The maximum Gasteiger partial charge on any atom is 0.163 e. The van der Waals surface area contributed by atoms with Crippen molar-refractivity contribution in [1.82, 2.24) is 5.32 Å². The molecule has 1 N–H and O–H groups in total. The third-order valence-electron chi connectivity index (χ3n) is 2.97. The molecule has 0 aliphatic carbocycles. The van der Waals surface area contributed by atoms with Crippen LogP contribution in [0.5, 0.6) is 11.5 Å². The highest BCUT2D eigenvalue weighted by atomic mass is 16.6. The molecule has 4 nitrogen and oxygen atoms in total. The number of fused-ring (bicyclic) bond motifs is 1. The molecule has 1 heterocycles. The average molecular weight is 250 g/mol. The molecule has 0 unspecified atom stereocenters. The molecule has 0 aromatic heterocycles. The van der Waals surface area contributed by atoms with Crippen molar-refractivity contribution in [3.05, 3.63) is 18.2 Å². The van der Waals surface area contributed by atoms with Gasteiger partial charge in [-0.2, -0.15) is 0 Å². The average Bonchev–Trinajstić information content (AvgIpc) is 2.37. The van der Waals surface area contributed by atoms with E-state index in [0.29, 0.717) is 19.3 Å². The smallest absolute Gasteiger partial charge is 0.163 e. The normalized spacial score (nSPS) is 13.8. The molecule has 0 atom stereocenters. The molecule has 1 aliphatic heterocycles. The Morgan fingerprint density at radius 1 is 1.22 bits per heavy atom. The Bertz CT molecular complexity index is 393. The lowest BCUT2D eigenvalue weighted by atomic mass is 10.2. The lowest BCUT2D eigenvalue weighted by molar-refractivity contribution is 0.171. The molecule has 0 saturated carbocycles. The topological polar surface area (TPSA) is 33.7 Å². The first-order valence-electron chi connectivity index (χ1n) is 6.51. The molecule has 2 rings (SSSR count). The number of ether oxygens (including phenoxy) is 2. The van der Waals surface area contributed by atoms with Gasteiger partial charge >= 0.3 is 0 Å². The van der Waals surface area contributed by atoms with Crippen LogP contribution in [0.1, 0.15) is 13.8 Å². The zero-order chi connectivity index (χ0) is 13.0. The molecule has 0 amide bonds. The summed E-state index contributed by atoms with van der Waals surface area (Å²) in [7, 11) is 2.09. The molecular formula is C14H22N2O2. The lowest BCUT2D eigenvalue weighted by Gasteiger charge is -2.24. The fraction of sp³-hybridized carbons (Fsp3) is 0.571. The molecular weight excluding hydrogens is 228 g/mol. The first kappa shape index (κ1) is 13.0. The number of nitrogens with one attached hydrogen (secondary N) is 1. The van der Waals surface area contributed by atoms with Crippen LogP contribution in [-0.4, -0.2) is 39.4 Å². The van der Waals surface area contributed by atoms with Crippen molar-refractivity contribution >= 4 is 5.69 Å². The number of benzene rings is 1. The SMILES string of the molecule is CC(C)NCCN(C)c1ccc2c(c1)OCCO2. The van der Waals surface area contributed by atoms with Gasteiger partial charge in [0.15, 0.2) is 11.5 Å². The molecule has 0 fully saturated rings. The molecule has 1 aliphatic rings. The summed E-state index contributed by atoms with van der Waals surface area (Å²) < 4.78 is 11.1. The van der Waals surface area contributed by atoms with E-state index in [-0.39, 0.29) is 0 Å². The molecule has 4 heteroatoms. The summed E-state index contributed by atoms with van der Waals surface area (Å²) in [6.07, 6.45) is 0. The van der Waals surface area contributed by atoms with E-state index < -0.39 is 0 Å². The summed E-state index contributed by atoms with van der Waals surface area (Å²) in [5.41, 5.74) is 1.16. The van der Waals surface area contributed by atoms with Crippen molar-refractivity contribution in [1.29, 1.82) is 0 Å². The van der Waals surface area contributed by atoms with Crippen LogP contribution in [0.3, 0.4) is 0 Å². The van der Waals surface area contributed by atoms with Crippen LogP contribution in [0.15, 0.2) is 18.2 Å². The summed E-state index contributed by atoms with van der Waals surface area (Å²) in [6.45, 7) is 7.53. The Morgan fingerprint density at radius 3 is 2.67 bits per heavy atom. The van der Waals surface area contributed by atoms with Gasteiger partial charge < -0.3 is 19.7 Å². The van der Waals surface area contributed by atoms with Gasteiger partial charge in [0.2, 0.25) is 0 Å². The van der Waals surface area contributed by atoms with Gasteiger partial charge in [0, 0.05) is 37.9 Å². The second-order valence-electron chi connectivity index (χ2n) is 4.86. The largest absolute Gasteiger partial charge is 0.486 e. The molecule has 18 heavy (non-hydrogen) atoms. The Labute approximate surface area is 109 Å². The van der Waals surface area contributed by atoms with Crippen molar-refractivity contribution in [3.8, 4) is 11.5 Å². The second-order valence-corrected chi connectivity index (χ2v) is 4.86. The standard InChI is InChI=1S/C14H22N2O2/c1-11(2)15-6-7-16(3)12-4-5-13-14(10-12)18-9-8-17-13/h4-5,10-11,15H,6-9H2,1-3H3. The summed E-state index contributed by atoms with van der Waals surface area (Å²) in [5, 5.41) is 3.41. The van der Waals surface area contributed by atoms with Crippen molar-refractivity contribution in [2.45, 2.75) is 19.9 Å². The number of anilines is 1. The van der Waals surface area contributed by atoms with E-state index in [1.54, 1.807) is 0 Å². The Balaban J connectivity index is 1.95. The fourth-order valence-electron chi connectivity index (χ4n) is 1.92. The van der Waals surface area contributed by atoms with Crippen molar-refractivity contribution in [3.63, 3.8) is 0 Å². The first-order chi connectivity index (χ1) is 8.66. The highest BCUT2D eigenvalue weighted by Crippen LogP contribution is 2.33. The Hall–Kier alpha value is -1.42. The van der Waals surface area contributed by atoms with Crippen molar-refractivity contribution in [2.75, 3.05) is 38.3 Å². The fourth-order valence-corrected chi connectivity index (χ4v) is 1.92. The summed E-state index contributed by atoms with van der Waals surface area (Å²) in [6, 6.07) is 6.63.